The van der Waals surface area contributed by atoms with Gasteiger partial charge in [-0.3, -0.25) is 4.79 Å². The van der Waals surface area contributed by atoms with Crippen molar-refractivity contribution in [3.8, 4) is 0 Å². The van der Waals surface area contributed by atoms with E-state index in [0.717, 1.165) is 10.2 Å². The van der Waals surface area contributed by atoms with Crippen molar-refractivity contribution in [2.75, 3.05) is 32.7 Å². The lowest BCUT2D eigenvalue weighted by Gasteiger charge is -2.35. The summed E-state index contributed by atoms with van der Waals surface area (Å²) >= 11 is 3.45. The third-order valence-electron chi connectivity index (χ3n) is 5.11. The predicted octanol–water partition coefficient (Wildman–Crippen LogP) is 3.80. The van der Waals surface area contributed by atoms with Crippen LogP contribution < -0.4 is 5.32 Å². The van der Waals surface area contributed by atoms with Crippen LogP contribution >= 0.6 is 15.9 Å². The summed E-state index contributed by atoms with van der Waals surface area (Å²) in [5.41, 5.74) is 0.992. The molecule has 1 N–H and O–H groups in total. The van der Waals surface area contributed by atoms with E-state index in [1.165, 1.54) is 5.56 Å². The molecule has 2 aromatic rings. The first-order valence-corrected chi connectivity index (χ1v) is 10.2. The van der Waals surface area contributed by atoms with Gasteiger partial charge in [0.1, 0.15) is 5.76 Å². The Balaban J connectivity index is 1.50. The van der Waals surface area contributed by atoms with Crippen molar-refractivity contribution in [2.24, 2.45) is 0 Å². The van der Waals surface area contributed by atoms with Crippen LogP contribution in [0, 0.1) is 6.92 Å². The minimum Gasteiger partial charge on any atom is -0.456 e. The monoisotopic (exact) mass is 447 g/mol. The Morgan fingerprint density at radius 2 is 1.64 bits per heavy atom. The molecule has 6 nitrogen and oxygen atoms in total. The average Bonchev–Trinajstić information content (AvgIpc) is 3.12. The van der Waals surface area contributed by atoms with E-state index in [-0.39, 0.29) is 17.4 Å². The van der Waals surface area contributed by atoms with Crippen LogP contribution in [0.3, 0.4) is 0 Å². The topological polar surface area (TPSA) is 65.8 Å². The van der Waals surface area contributed by atoms with Gasteiger partial charge in [0.2, 0.25) is 0 Å². The number of carbonyl (C=O) groups is 2. The second-order valence-corrected chi connectivity index (χ2v) is 8.65. The average molecular weight is 448 g/mol. The normalized spacial score (nSPS) is 14.9. The minimum atomic E-state index is -0.175. The molecule has 150 valence electrons. The first kappa shape index (κ1) is 20.5. The molecular formula is C21H26BrN3O3. The third-order valence-corrected chi connectivity index (χ3v) is 5.64. The smallest absolute Gasteiger partial charge is 0.317 e. The van der Waals surface area contributed by atoms with Crippen LogP contribution in [0.1, 0.15) is 35.7 Å². The van der Waals surface area contributed by atoms with Crippen LogP contribution in [0.15, 0.2) is 45.3 Å². The zero-order valence-corrected chi connectivity index (χ0v) is 18.1. The van der Waals surface area contributed by atoms with Gasteiger partial charge >= 0.3 is 6.03 Å². The van der Waals surface area contributed by atoms with Gasteiger partial charge in [-0.25, -0.2) is 4.79 Å². The molecule has 2 heterocycles. The predicted molar refractivity (Wildman–Crippen MR) is 111 cm³/mol. The van der Waals surface area contributed by atoms with Gasteiger partial charge in [0.25, 0.3) is 5.91 Å². The highest BCUT2D eigenvalue weighted by molar-refractivity contribution is 9.10. The number of nitrogens with one attached hydrogen (secondary N) is 1. The number of nitrogens with zero attached hydrogens (tertiary/aromatic N) is 2. The number of hydrogen-bond donors (Lipinski definition) is 1. The number of hydrogen-bond acceptors (Lipinski definition) is 3. The highest BCUT2D eigenvalue weighted by Crippen LogP contribution is 2.24. The number of urea groups is 1. The fourth-order valence-electron chi connectivity index (χ4n) is 3.23. The molecule has 0 radical (unpaired) electrons. The molecule has 1 aromatic heterocycles. The van der Waals surface area contributed by atoms with Crippen LogP contribution in [-0.2, 0) is 5.41 Å². The van der Waals surface area contributed by atoms with Crippen molar-refractivity contribution >= 4 is 27.9 Å². The van der Waals surface area contributed by atoms with Crippen molar-refractivity contribution < 1.29 is 14.0 Å². The lowest BCUT2D eigenvalue weighted by Crippen LogP contribution is -2.54. The van der Waals surface area contributed by atoms with E-state index in [9.17, 15) is 9.59 Å². The number of rotatable bonds is 4. The van der Waals surface area contributed by atoms with Gasteiger partial charge in [0.05, 0.1) is 0 Å². The van der Waals surface area contributed by atoms with Crippen LogP contribution in [-0.4, -0.2) is 54.5 Å². The Kier molecular flexibility index (Phi) is 6.13. The molecule has 1 aromatic carbocycles. The minimum absolute atomic E-state index is 0.0915. The SMILES string of the molecule is Cc1ccc(C(=O)N2CCN(C(=O)NCC(C)(C)c3ccc(Br)cc3)CC2)o1. The Bertz CT molecular complexity index is 837. The fourth-order valence-corrected chi connectivity index (χ4v) is 3.49. The zero-order valence-electron chi connectivity index (χ0n) is 16.5. The highest BCUT2D eigenvalue weighted by atomic mass is 79.9. The standard InChI is InChI=1S/C21H26BrN3O3/c1-15-4-9-18(28-15)19(26)24-10-12-25(13-11-24)20(27)23-14-21(2,3)16-5-7-17(22)8-6-16/h4-9H,10-14H2,1-3H3,(H,23,27). The third kappa shape index (κ3) is 4.76. The molecule has 0 atom stereocenters. The van der Waals surface area contributed by atoms with Crippen LogP contribution in [0.5, 0.6) is 0 Å². The molecule has 0 spiro atoms. The fraction of sp³-hybridized carbons (Fsp3) is 0.429. The van der Waals surface area contributed by atoms with Crippen LogP contribution in [0.25, 0.3) is 0 Å². The van der Waals surface area contributed by atoms with Gasteiger partial charge in [0.15, 0.2) is 5.76 Å². The van der Waals surface area contributed by atoms with E-state index in [1.54, 1.807) is 21.9 Å². The molecule has 0 unspecified atom stereocenters. The summed E-state index contributed by atoms with van der Waals surface area (Å²) in [4.78, 5) is 28.5. The van der Waals surface area contributed by atoms with Crippen molar-refractivity contribution in [2.45, 2.75) is 26.2 Å². The lowest BCUT2D eigenvalue weighted by atomic mass is 9.85. The van der Waals surface area contributed by atoms with E-state index in [4.69, 9.17) is 4.42 Å². The summed E-state index contributed by atoms with van der Waals surface area (Å²) in [7, 11) is 0. The van der Waals surface area contributed by atoms with Gasteiger partial charge in [0, 0.05) is 42.6 Å². The van der Waals surface area contributed by atoms with E-state index >= 15 is 0 Å². The molecule has 3 amide bonds. The lowest BCUT2D eigenvalue weighted by molar-refractivity contribution is 0.0632. The van der Waals surface area contributed by atoms with Crippen molar-refractivity contribution in [3.05, 3.63) is 58.0 Å². The number of amides is 3. The van der Waals surface area contributed by atoms with E-state index in [0.29, 0.717) is 38.5 Å². The number of benzene rings is 1. The number of furan rings is 1. The molecule has 1 saturated heterocycles. The summed E-state index contributed by atoms with van der Waals surface area (Å²) in [6, 6.07) is 11.5. The molecule has 3 rings (SSSR count). The molecule has 0 bridgehead atoms. The summed E-state index contributed by atoms with van der Waals surface area (Å²) < 4.78 is 6.45. The first-order valence-electron chi connectivity index (χ1n) is 9.41. The van der Waals surface area contributed by atoms with Crippen LogP contribution in [0.4, 0.5) is 4.79 Å². The maximum atomic E-state index is 12.6. The Morgan fingerprint density at radius 3 is 2.21 bits per heavy atom. The molecule has 1 aliphatic rings. The number of carbonyl (C=O) groups excluding carboxylic acids is 2. The summed E-state index contributed by atoms with van der Waals surface area (Å²) in [6.45, 7) is 8.60. The molecular weight excluding hydrogens is 422 g/mol. The van der Waals surface area contributed by atoms with E-state index < -0.39 is 0 Å². The summed E-state index contributed by atoms with van der Waals surface area (Å²) in [6.07, 6.45) is 0. The maximum absolute atomic E-state index is 12.6. The molecule has 0 aliphatic carbocycles. The maximum Gasteiger partial charge on any atom is 0.317 e. The number of piperazine rings is 1. The molecule has 0 saturated carbocycles. The molecule has 28 heavy (non-hydrogen) atoms. The molecule has 1 fully saturated rings. The van der Waals surface area contributed by atoms with Gasteiger partial charge in [-0.1, -0.05) is 41.9 Å². The number of aryl methyl sites for hydroxylation is 1. The van der Waals surface area contributed by atoms with Gasteiger partial charge in [-0.2, -0.15) is 0 Å². The van der Waals surface area contributed by atoms with Gasteiger partial charge in [-0.05, 0) is 36.8 Å². The Morgan fingerprint density at radius 1 is 1.04 bits per heavy atom. The molecule has 7 heteroatoms. The Labute approximate surface area is 174 Å². The second kappa shape index (κ2) is 8.39. The van der Waals surface area contributed by atoms with Crippen molar-refractivity contribution in [3.63, 3.8) is 0 Å². The van der Waals surface area contributed by atoms with Crippen LogP contribution in [0.2, 0.25) is 0 Å². The van der Waals surface area contributed by atoms with E-state index in [1.807, 2.05) is 19.1 Å². The summed E-state index contributed by atoms with van der Waals surface area (Å²) in [5, 5.41) is 3.04. The zero-order chi connectivity index (χ0) is 20.3. The van der Waals surface area contributed by atoms with Gasteiger partial charge in [-0.15, -0.1) is 0 Å². The van der Waals surface area contributed by atoms with Gasteiger partial charge < -0.3 is 19.5 Å². The van der Waals surface area contributed by atoms with E-state index in [2.05, 4.69) is 47.2 Å². The quantitative estimate of drug-likeness (QED) is 0.774. The largest absolute Gasteiger partial charge is 0.456 e. The van der Waals surface area contributed by atoms with Crippen molar-refractivity contribution in [1.29, 1.82) is 0 Å². The summed E-state index contributed by atoms with van der Waals surface area (Å²) in [5.74, 6) is 0.950. The Hall–Kier alpha value is -2.28. The molecule has 1 aliphatic heterocycles. The number of halogens is 1. The van der Waals surface area contributed by atoms with Crippen molar-refractivity contribution in [1.82, 2.24) is 15.1 Å². The highest BCUT2D eigenvalue weighted by Gasteiger charge is 2.28. The second-order valence-electron chi connectivity index (χ2n) is 7.74. The first-order chi connectivity index (χ1) is 13.3.